The van der Waals surface area contributed by atoms with Crippen molar-refractivity contribution in [2.75, 3.05) is 14.2 Å². The zero-order chi connectivity index (χ0) is 22.2. The van der Waals surface area contributed by atoms with E-state index in [4.69, 9.17) is 14.2 Å². The first-order valence-corrected chi connectivity index (χ1v) is 9.86. The molecule has 0 spiro atoms. The maximum Gasteiger partial charge on any atom is 0.342 e. The smallest absolute Gasteiger partial charge is 0.342 e. The van der Waals surface area contributed by atoms with Crippen LogP contribution >= 0.6 is 0 Å². The standard InChI is InChI=1S/C25H25NO5/c1-17(31-25(28)21-15-14-20(29-2)16-22(21)30-3)24(27)26-23(18-10-6-4-7-11-18)19-12-8-5-9-13-19/h4-17,23H,1-3H3,(H,26,27)/t17-/m1/s1. The zero-order valence-electron chi connectivity index (χ0n) is 17.7. The van der Waals surface area contributed by atoms with Crippen LogP contribution in [0.1, 0.15) is 34.5 Å². The van der Waals surface area contributed by atoms with Crippen LogP contribution in [0.15, 0.2) is 78.9 Å². The lowest BCUT2D eigenvalue weighted by Gasteiger charge is -2.22. The molecule has 0 aliphatic heterocycles. The largest absolute Gasteiger partial charge is 0.497 e. The third-order valence-corrected chi connectivity index (χ3v) is 4.83. The molecular formula is C25H25NO5. The van der Waals surface area contributed by atoms with Crippen LogP contribution in [-0.4, -0.2) is 32.2 Å². The van der Waals surface area contributed by atoms with Gasteiger partial charge in [-0.1, -0.05) is 60.7 Å². The molecule has 0 radical (unpaired) electrons. The van der Waals surface area contributed by atoms with Gasteiger partial charge in [0.25, 0.3) is 5.91 Å². The molecule has 6 nitrogen and oxygen atoms in total. The summed E-state index contributed by atoms with van der Waals surface area (Å²) >= 11 is 0. The van der Waals surface area contributed by atoms with Crippen molar-refractivity contribution in [2.24, 2.45) is 0 Å². The molecule has 3 aromatic rings. The first kappa shape index (κ1) is 21.9. The second-order valence-electron chi connectivity index (χ2n) is 6.88. The molecule has 31 heavy (non-hydrogen) atoms. The Morgan fingerprint density at radius 3 is 1.90 bits per heavy atom. The van der Waals surface area contributed by atoms with Gasteiger partial charge >= 0.3 is 5.97 Å². The number of esters is 1. The lowest BCUT2D eigenvalue weighted by atomic mass is 9.98. The number of methoxy groups -OCH3 is 2. The lowest BCUT2D eigenvalue weighted by molar-refractivity contribution is -0.129. The molecule has 160 valence electrons. The van der Waals surface area contributed by atoms with Crippen LogP contribution in [-0.2, 0) is 9.53 Å². The van der Waals surface area contributed by atoms with Gasteiger partial charge in [-0.3, -0.25) is 4.79 Å². The highest BCUT2D eigenvalue weighted by molar-refractivity contribution is 5.95. The van der Waals surface area contributed by atoms with Gasteiger partial charge in [-0.2, -0.15) is 0 Å². The van der Waals surface area contributed by atoms with Crippen LogP contribution in [0.3, 0.4) is 0 Å². The van der Waals surface area contributed by atoms with Crippen molar-refractivity contribution in [2.45, 2.75) is 19.1 Å². The van der Waals surface area contributed by atoms with Crippen LogP contribution in [0.25, 0.3) is 0 Å². The molecule has 1 atom stereocenters. The highest BCUT2D eigenvalue weighted by atomic mass is 16.5. The quantitative estimate of drug-likeness (QED) is 0.555. The molecule has 0 aromatic heterocycles. The minimum Gasteiger partial charge on any atom is -0.497 e. The van der Waals surface area contributed by atoms with Crippen molar-refractivity contribution in [1.29, 1.82) is 0 Å². The second-order valence-corrected chi connectivity index (χ2v) is 6.88. The van der Waals surface area contributed by atoms with Gasteiger partial charge in [0.05, 0.1) is 20.3 Å². The summed E-state index contributed by atoms with van der Waals surface area (Å²) in [5.41, 5.74) is 2.07. The molecule has 3 rings (SSSR count). The van der Waals surface area contributed by atoms with Gasteiger partial charge in [-0.15, -0.1) is 0 Å². The first-order chi connectivity index (χ1) is 15.0. The molecule has 3 aromatic carbocycles. The van der Waals surface area contributed by atoms with E-state index in [0.29, 0.717) is 11.5 Å². The van der Waals surface area contributed by atoms with Crippen molar-refractivity contribution in [3.63, 3.8) is 0 Å². The van der Waals surface area contributed by atoms with Gasteiger partial charge in [0.15, 0.2) is 6.10 Å². The van der Waals surface area contributed by atoms with E-state index in [1.165, 1.54) is 21.1 Å². The number of nitrogens with one attached hydrogen (secondary N) is 1. The molecule has 0 aliphatic rings. The summed E-state index contributed by atoms with van der Waals surface area (Å²) in [7, 11) is 2.97. The summed E-state index contributed by atoms with van der Waals surface area (Å²) in [4.78, 5) is 25.5. The van der Waals surface area contributed by atoms with Crippen molar-refractivity contribution >= 4 is 11.9 Å². The minimum atomic E-state index is -1.01. The molecule has 6 heteroatoms. The Labute approximate surface area is 181 Å². The van der Waals surface area contributed by atoms with E-state index in [9.17, 15) is 9.59 Å². The molecule has 1 amide bonds. The topological polar surface area (TPSA) is 73.9 Å². The van der Waals surface area contributed by atoms with Crippen LogP contribution in [0.5, 0.6) is 11.5 Å². The Bertz CT molecular complexity index is 981. The second kappa shape index (κ2) is 10.3. The van der Waals surface area contributed by atoms with Gasteiger partial charge in [-0.25, -0.2) is 4.79 Å². The SMILES string of the molecule is COc1ccc(C(=O)O[C@H](C)C(=O)NC(c2ccccc2)c2ccccc2)c(OC)c1. The summed E-state index contributed by atoms with van der Waals surface area (Å²) in [6.07, 6.45) is -1.01. The van der Waals surface area contributed by atoms with Gasteiger partial charge in [0.2, 0.25) is 0 Å². The number of carbonyl (C=O) groups excluding carboxylic acids is 2. The fourth-order valence-electron chi connectivity index (χ4n) is 3.15. The molecule has 1 N–H and O–H groups in total. The normalized spacial score (nSPS) is 11.5. The van der Waals surface area contributed by atoms with E-state index in [1.807, 2.05) is 60.7 Å². The van der Waals surface area contributed by atoms with E-state index < -0.39 is 18.0 Å². The van der Waals surface area contributed by atoms with Crippen molar-refractivity contribution < 1.29 is 23.8 Å². The molecule has 0 fully saturated rings. The summed E-state index contributed by atoms with van der Waals surface area (Å²) < 4.78 is 15.8. The third kappa shape index (κ3) is 5.42. The minimum absolute atomic E-state index is 0.214. The van der Waals surface area contributed by atoms with Crippen molar-refractivity contribution in [3.8, 4) is 11.5 Å². The predicted molar refractivity (Wildman–Crippen MR) is 117 cm³/mol. The zero-order valence-corrected chi connectivity index (χ0v) is 17.7. The maximum absolute atomic E-state index is 12.9. The predicted octanol–water partition coefficient (Wildman–Crippen LogP) is 4.15. The molecule has 0 heterocycles. The Balaban J connectivity index is 1.75. The number of carbonyl (C=O) groups is 2. The number of amides is 1. The highest BCUT2D eigenvalue weighted by Gasteiger charge is 2.25. The summed E-state index contributed by atoms with van der Waals surface area (Å²) in [5.74, 6) is -0.201. The molecule has 0 saturated heterocycles. The Morgan fingerprint density at radius 2 is 1.39 bits per heavy atom. The third-order valence-electron chi connectivity index (χ3n) is 4.83. The number of ether oxygens (including phenoxy) is 3. The van der Waals surface area contributed by atoms with E-state index in [2.05, 4.69) is 5.32 Å². The number of hydrogen-bond acceptors (Lipinski definition) is 5. The Hall–Kier alpha value is -3.80. The van der Waals surface area contributed by atoms with E-state index in [-0.39, 0.29) is 11.6 Å². The fourth-order valence-corrected chi connectivity index (χ4v) is 3.15. The van der Waals surface area contributed by atoms with Crippen LogP contribution in [0.2, 0.25) is 0 Å². The maximum atomic E-state index is 12.9. The van der Waals surface area contributed by atoms with E-state index in [0.717, 1.165) is 11.1 Å². The van der Waals surface area contributed by atoms with Crippen molar-refractivity contribution in [1.82, 2.24) is 5.32 Å². The van der Waals surface area contributed by atoms with Gasteiger partial charge in [-0.05, 0) is 30.2 Å². The molecule has 0 unspecified atom stereocenters. The Morgan fingerprint density at radius 1 is 0.806 bits per heavy atom. The lowest BCUT2D eigenvalue weighted by Crippen LogP contribution is -2.38. The van der Waals surface area contributed by atoms with Gasteiger partial charge < -0.3 is 19.5 Å². The van der Waals surface area contributed by atoms with Crippen LogP contribution < -0.4 is 14.8 Å². The number of benzene rings is 3. The Kier molecular flexibility index (Phi) is 7.27. The van der Waals surface area contributed by atoms with Crippen molar-refractivity contribution in [3.05, 3.63) is 95.6 Å². The average Bonchev–Trinajstić information content (AvgIpc) is 2.82. The molecule has 0 saturated carbocycles. The summed E-state index contributed by atoms with van der Waals surface area (Å²) in [5, 5.41) is 2.99. The van der Waals surface area contributed by atoms with Crippen LogP contribution in [0, 0.1) is 0 Å². The monoisotopic (exact) mass is 419 g/mol. The fraction of sp³-hybridized carbons (Fsp3) is 0.200. The van der Waals surface area contributed by atoms with E-state index in [1.54, 1.807) is 18.2 Å². The molecular weight excluding hydrogens is 394 g/mol. The highest BCUT2D eigenvalue weighted by Crippen LogP contribution is 2.26. The van der Waals surface area contributed by atoms with Gasteiger partial charge in [0.1, 0.15) is 17.1 Å². The van der Waals surface area contributed by atoms with E-state index >= 15 is 0 Å². The number of rotatable bonds is 8. The van der Waals surface area contributed by atoms with Crippen LogP contribution in [0.4, 0.5) is 0 Å². The first-order valence-electron chi connectivity index (χ1n) is 9.86. The summed E-state index contributed by atoms with van der Waals surface area (Å²) in [6, 6.07) is 23.6. The summed E-state index contributed by atoms with van der Waals surface area (Å²) in [6.45, 7) is 1.54. The molecule has 0 bridgehead atoms. The van der Waals surface area contributed by atoms with Gasteiger partial charge in [0, 0.05) is 6.07 Å². The number of hydrogen-bond donors (Lipinski definition) is 1. The molecule has 0 aliphatic carbocycles. The average molecular weight is 419 g/mol.